The van der Waals surface area contributed by atoms with E-state index in [1.54, 1.807) is 23.4 Å². The predicted molar refractivity (Wildman–Crippen MR) is 104 cm³/mol. The Kier molecular flexibility index (Phi) is 4.07. The summed E-state index contributed by atoms with van der Waals surface area (Å²) in [6.45, 7) is 14.3. The Morgan fingerprint density at radius 1 is 0.840 bits per heavy atom. The van der Waals surface area contributed by atoms with Crippen LogP contribution in [-0.4, -0.2) is 0 Å². The molecule has 0 heterocycles. The molecule has 4 rings (SSSR count). The van der Waals surface area contributed by atoms with Gasteiger partial charge in [-0.15, -0.1) is 0 Å². The minimum atomic E-state index is -1.10. The molecule has 0 amide bonds. The fraction of sp³-hybridized carbons (Fsp3) is 0.333. The number of hydrogen-bond donors (Lipinski definition) is 0. The van der Waals surface area contributed by atoms with Crippen LogP contribution < -0.4 is 3.32 Å². The maximum atomic E-state index is 2.44. The van der Waals surface area contributed by atoms with Crippen LogP contribution in [0.2, 0.25) is 0 Å². The molecule has 2 aliphatic carbocycles. The summed E-state index contributed by atoms with van der Waals surface area (Å²) in [5, 5.41) is 0. The molecule has 0 nitrogen and oxygen atoms in total. The Morgan fingerprint density at radius 2 is 1.52 bits per heavy atom. The summed E-state index contributed by atoms with van der Waals surface area (Å²) >= 11 is -1.10. The van der Waals surface area contributed by atoms with Crippen LogP contribution in [0.4, 0.5) is 0 Å². The Labute approximate surface area is 163 Å². The number of rotatable bonds is 2. The van der Waals surface area contributed by atoms with E-state index in [0.29, 0.717) is 5.92 Å². The second-order valence-corrected chi connectivity index (χ2v) is 12.7. The normalized spacial score (nSPS) is 20.8. The van der Waals surface area contributed by atoms with Gasteiger partial charge in [-0.2, -0.15) is 0 Å². The summed E-state index contributed by atoms with van der Waals surface area (Å²) in [5.74, 6) is 0.537. The van der Waals surface area contributed by atoms with Crippen molar-refractivity contribution in [2.75, 3.05) is 0 Å². The summed E-state index contributed by atoms with van der Waals surface area (Å²) < 4.78 is 3.49. The van der Waals surface area contributed by atoms with Crippen LogP contribution in [0.1, 0.15) is 58.6 Å². The van der Waals surface area contributed by atoms with Crippen LogP contribution in [0.15, 0.2) is 62.5 Å². The molecule has 0 spiro atoms. The molecule has 1 unspecified atom stereocenters. The van der Waals surface area contributed by atoms with Crippen LogP contribution in [0, 0.1) is 5.41 Å². The third-order valence-electron chi connectivity index (χ3n) is 6.58. The summed E-state index contributed by atoms with van der Waals surface area (Å²) in [4.78, 5) is 0. The van der Waals surface area contributed by atoms with E-state index in [2.05, 4.69) is 84.0 Å². The summed E-state index contributed by atoms with van der Waals surface area (Å²) in [6, 6.07) is 16.0. The second-order valence-electron chi connectivity index (χ2n) is 8.08. The Morgan fingerprint density at radius 3 is 2.20 bits per heavy atom. The molecule has 126 valence electrons. The minimum absolute atomic E-state index is 0.259. The van der Waals surface area contributed by atoms with Crippen molar-refractivity contribution in [3.05, 3.63) is 73.6 Å². The zero-order valence-electron chi connectivity index (χ0n) is 16.1. The van der Waals surface area contributed by atoms with Gasteiger partial charge in [-0.1, -0.05) is 0 Å². The third-order valence-corrected chi connectivity index (χ3v) is 13.6. The van der Waals surface area contributed by atoms with E-state index in [0.717, 1.165) is 0 Å². The van der Waals surface area contributed by atoms with Crippen molar-refractivity contribution < 1.29 is 22.9 Å². The van der Waals surface area contributed by atoms with Gasteiger partial charge in [-0.05, 0) is 0 Å². The molecule has 1 heteroatoms. The van der Waals surface area contributed by atoms with Crippen molar-refractivity contribution in [2.45, 2.75) is 47.5 Å². The van der Waals surface area contributed by atoms with Crippen LogP contribution in [0.5, 0.6) is 0 Å². The molecule has 2 aromatic carbocycles. The average Bonchev–Trinajstić information content (AvgIpc) is 2.97. The summed E-state index contributed by atoms with van der Waals surface area (Å²) in [7, 11) is 0. The van der Waals surface area contributed by atoms with Crippen LogP contribution in [0.3, 0.4) is 0 Å². The van der Waals surface area contributed by atoms with Gasteiger partial charge >= 0.3 is 164 Å². The molecular weight excluding hydrogens is 467 g/mol. The second kappa shape index (κ2) is 5.91. The van der Waals surface area contributed by atoms with E-state index < -0.39 is 22.9 Å². The number of benzene rings is 2. The standard InChI is InChI=1S/C14H11.C10H15.Hf/c1-10-11-6-2-4-8-13(11)14-9-5-3-7-12(10)14;1-7-6-10(4,5)9(3)8(7)2;/h2-6,8-10H,1H3;1-5H3;. The van der Waals surface area contributed by atoms with Crippen LogP contribution in [-0.2, 0) is 22.9 Å². The molecule has 0 saturated heterocycles. The fourth-order valence-corrected chi connectivity index (χ4v) is 11.1. The Hall–Kier alpha value is -1.21. The first-order valence-electron chi connectivity index (χ1n) is 9.23. The molecule has 0 saturated carbocycles. The molecule has 2 aliphatic rings. The monoisotopic (exact) mass is 494 g/mol. The maximum absolute atomic E-state index is 2.44. The molecule has 1 atom stereocenters. The zero-order valence-corrected chi connectivity index (χ0v) is 19.7. The van der Waals surface area contributed by atoms with Gasteiger partial charge in [0, 0.05) is 0 Å². The average molecular weight is 493 g/mol. The van der Waals surface area contributed by atoms with Gasteiger partial charge in [0.2, 0.25) is 0 Å². The topological polar surface area (TPSA) is 0 Å². The van der Waals surface area contributed by atoms with E-state index in [1.165, 1.54) is 22.3 Å². The molecule has 0 radical (unpaired) electrons. The van der Waals surface area contributed by atoms with Gasteiger partial charge in [0.1, 0.15) is 0 Å². The summed E-state index contributed by atoms with van der Waals surface area (Å²) in [6.07, 6.45) is 0. The van der Waals surface area contributed by atoms with Gasteiger partial charge in [-0.3, -0.25) is 0 Å². The van der Waals surface area contributed by atoms with Gasteiger partial charge in [0.05, 0.1) is 0 Å². The molecular formula is C24H26Hf. The molecule has 0 fully saturated rings. The van der Waals surface area contributed by atoms with Crippen LogP contribution in [0.25, 0.3) is 11.1 Å². The van der Waals surface area contributed by atoms with Gasteiger partial charge in [0.25, 0.3) is 0 Å². The van der Waals surface area contributed by atoms with E-state index in [-0.39, 0.29) is 5.41 Å². The van der Waals surface area contributed by atoms with E-state index in [4.69, 9.17) is 0 Å². The summed E-state index contributed by atoms with van der Waals surface area (Å²) in [5.41, 5.74) is 11.1. The molecule has 25 heavy (non-hydrogen) atoms. The van der Waals surface area contributed by atoms with E-state index >= 15 is 0 Å². The third kappa shape index (κ3) is 2.42. The predicted octanol–water partition coefficient (Wildman–Crippen LogP) is 6.18. The molecule has 0 N–H and O–H groups in total. The van der Waals surface area contributed by atoms with Gasteiger partial charge < -0.3 is 0 Å². The SMILES string of the molecule is CC1=C(C)C(C)(C)[C]([Hf][c]2cccc3c2C(C)c2ccccc2-3)=C1C. The number of hydrogen-bond acceptors (Lipinski definition) is 0. The van der Waals surface area contributed by atoms with Crippen molar-refractivity contribution in [2.24, 2.45) is 5.41 Å². The van der Waals surface area contributed by atoms with Crippen molar-refractivity contribution in [3.63, 3.8) is 0 Å². The first kappa shape index (κ1) is 17.2. The van der Waals surface area contributed by atoms with Gasteiger partial charge in [0.15, 0.2) is 0 Å². The Balaban J connectivity index is 1.81. The van der Waals surface area contributed by atoms with Crippen molar-refractivity contribution in [1.82, 2.24) is 0 Å². The molecule has 0 aliphatic heterocycles. The van der Waals surface area contributed by atoms with Crippen molar-refractivity contribution >= 4 is 3.32 Å². The molecule has 0 bridgehead atoms. The zero-order chi connectivity index (χ0) is 17.9. The first-order chi connectivity index (χ1) is 11.8. The number of fused-ring (bicyclic) bond motifs is 3. The van der Waals surface area contributed by atoms with Crippen molar-refractivity contribution in [1.29, 1.82) is 0 Å². The van der Waals surface area contributed by atoms with Gasteiger partial charge in [-0.25, -0.2) is 0 Å². The van der Waals surface area contributed by atoms with Crippen molar-refractivity contribution in [3.8, 4) is 11.1 Å². The fourth-order valence-electron chi connectivity index (χ4n) is 4.63. The van der Waals surface area contributed by atoms with Crippen LogP contribution >= 0.6 is 0 Å². The molecule has 0 aromatic heterocycles. The quantitative estimate of drug-likeness (QED) is 0.439. The van der Waals surface area contributed by atoms with E-state index in [1.807, 2.05) is 0 Å². The Bertz CT molecular complexity index is 940. The molecule has 2 aromatic rings. The van der Waals surface area contributed by atoms with E-state index in [9.17, 15) is 0 Å². The number of allylic oxidation sites excluding steroid dienone is 4. The first-order valence-corrected chi connectivity index (χ1v) is 12.8.